The third-order valence-corrected chi connectivity index (χ3v) is 4.69. The molecular formula is C19H20N4O2. The average Bonchev–Trinajstić information content (AvgIpc) is 3.44. The van der Waals surface area contributed by atoms with Gasteiger partial charge in [-0.3, -0.25) is 9.59 Å². The van der Waals surface area contributed by atoms with E-state index in [1.165, 1.54) is 0 Å². The van der Waals surface area contributed by atoms with E-state index in [0.717, 1.165) is 29.8 Å². The highest BCUT2D eigenvalue weighted by Crippen LogP contribution is 2.32. The number of hydrogen-bond acceptors (Lipinski definition) is 4. The van der Waals surface area contributed by atoms with Crippen molar-refractivity contribution in [3.05, 3.63) is 53.2 Å². The number of nitrogens with zero attached hydrogens (tertiary/aromatic N) is 2. The van der Waals surface area contributed by atoms with Crippen molar-refractivity contribution in [1.82, 2.24) is 10.3 Å². The summed E-state index contributed by atoms with van der Waals surface area (Å²) in [5.74, 6) is 0.815. The monoisotopic (exact) mass is 336 g/mol. The number of aryl methyl sites for hydroxylation is 1. The zero-order valence-corrected chi connectivity index (χ0v) is 14.2. The van der Waals surface area contributed by atoms with E-state index < -0.39 is 0 Å². The number of rotatable bonds is 3. The minimum absolute atomic E-state index is 0.0874. The molecular weight excluding hydrogens is 316 g/mol. The molecule has 1 atom stereocenters. The number of aromatic nitrogens is 1. The highest BCUT2D eigenvalue weighted by molar-refractivity contribution is 6.01. The normalized spacial score (nSPS) is 19.2. The van der Waals surface area contributed by atoms with Gasteiger partial charge in [0, 0.05) is 24.3 Å². The Morgan fingerprint density at radius 3 is 2.60 bits per heavy atom. The zero-order chi connectivity index (χ0) is 17.6. The van der Waals surface area contributed by atoms with Crippen LogP contribution in [-0.4, -0.2) is 23.8 Å². The molecule has 0 bridgehead atoms. The topological polar surface area (TPSA) is 74.3 Å². The van der Waals surface area contributed by atoms with Crippen LogP contribution in [0.5, 0.6) is 0 Å². The third-order valence-electron chi connectivity index (χ3n) is 4.69. The summed E-state index contributed by atoms with van der Waals surface area (Å²) in [6, 6.07) is 11.2. The lowest BCUT2D eigenvalue weighted by atomic mass is 10.1. The van der Waals surface area contributed by atoms with Gasteiger partial charge in [-0.2, -0.15) is 0 Å². The molecule has 2 aliphatic rings. The van der Waals surface area contributed by atoms with Crippen molar-refractivity contribution in [1.29, 1.82) is 0 Å². The summed E-state index contributed by atoms with van der Waals surface area (Å²) in [6.07, 6.45) is 1.67. The number of carbonyl (C=O) groups excluding carboxylic acids is 2. The maximum Gasteiger partial charge on any atom is 0.256 e. The first-order valence-corrected chi connectivity index (χ1v) is 8.45. The second kappa shape index (κ2) is 5.88. The molecule has 25 heavy (non-hydrogen) atoms. The Balaban J connectivity index is 1.57. The van der Waals surface area contributed by atoms with Crippen LogP contribution in [0.2, 0.25) is 0 Å². The van der Waals surface area contributed by atoms with Crippen LogP contribution in [0.15, 0.2) is 36.4 Å². The minimum Gasteiger partial charge on any atom is -0.335 e. The molecule has 4 rings (SSSR count). The number of pyridine rings is 1. The lowest BCUT2D eigenvalue weighted by Gasteiger charge is -2.35. The lowest BCUT2D eigenvalue weighted by molar-refractivity contribution is -0.117. The largest absolute Gasteiger partial charge is 0.335 e. The van der Waals surface area contributed by atoms with Crippen molar-refractivity contribution in [2.24, 2.45) is 5.92 Å². The van der Waals surface area contributed by atoms with Crippen LogP contribution < -0.4 is 15.5 Å². The Kier molecular flexibility index (Phi) is 3.67. The first-order valence-electron chi connectivity index (χ1n) is 8.45. The molecule has 0 radical (unpaired) electrons. The molecule has 1 aromatic carbocycles. The molecule has 2 heterocycles. The summed E-state index contributed by atoms with van der Waals surface area (Å²) >= 11 is 0. The van der Waals surface area contributed by atoms with Crippen molar-refractivity contribution in [3.63, 3.8) is 0 Å². The van der Waals surface area contributed by atoms with Crippen LogP contribution in [0.25, 0.3) is 0 Å². The van der Waals surface area contributed by atoms with E-state index in [2.05, 4.69) is 15.6 Å². The molecule has 0 saturated heterocycles. The smallest absolute Gasteiger partial charge is 0.256 e. The summed E-state index contributed by atoms with van der Waals surface area (Å²) in [6.45, 7) is 1.91. The SMILES string of the molecule is Cc1ccc2c(n1)N(C)[C@@H](c1ccc(NC(=O)C3CC3)cc1)NC2=O. The number of anilines is 2. The summed E-state index contributed by atoms with van der Waals surface area (Å²) in [4.78, 5) is 30.7. The van der Waals surface area contributed by atoms with Gasteiger partial charge < -0.3 is 15.5 Å². The van der Waals surface area contributed by atoms with Crippen LogP contribution in [0.3, 0.4) is 0 Å². The van der Waals surface area contributed by atoms with Gasteiger partial charge in [-0.25, -0.2) is 4.98 Å². The maximum absolute atomic E-state index is 12.4. The quantitative estimate of drug-likeness (QED) is 0.903. The van der Waals surface area contributed by atoms with E-state index in [4.69, 9.17) is 0 Å². The second-order valence-electron chi connectivity index (χ2n) is 6.70. The summed E-state index contributed by atoms with van der Waals surface area (Å²) in [5.41, 5.74) is 3.17. The molecule has 1 aliphatic carbocycles. The van der Waals surface area contributed by atoms with E-state index in [1.807, 2.05) is 49.2 Å². The van der Waals surface area contributed by atoms with Crippen LogP contribution in [-0.2, 0) is 4.79 Å². The number of benzene rings is 1. The predicted octanol–water partition coefficient (Wildman–Crippen LogP) is 2.62. The molecule has 128 valence electrons. The van der Waals surface area contributed by atoms with Gasteiger partial charge in [0.05, 0.1) is 5.56 Å². The van der Waals surface area contributed by atoms with Gasteiger partial charge in [-0.15, -0.1) is 0 Å². The van der Waals surface area contributed by atoms with Gasteiger partial charge in [0.2, 0.25) is 5.91 Å². The van der Waals surface area contributed by atoms with Crippen molar-refractivity contribution in [2.75, 3.05) is 17.3 Å². The molecule has 1 saturated carbocycles. The molecule has 2 amide bonds. The van der Waals surface area contributed by atoms with Crippen molar-refractivity contribution in [3.8, 4) is 0 Å². The lowest BCUT2D eigenvalue weighted by Crippen LogP contribution is -2.45. The molecule has 2 N–H and O–H groups in total. The molecule has 6 heteroatoms. The zero-order valence-electron chi connectivity index (χ0n) is 14.2. The fraction of sp³-hybridized carbons (Fsp3) is 0.316. The fourth-order valence-corrected chi connectivity index (χ4v) is 3.06. The Bertz CT molecular complexity index is 843. The van der Waals surface area contributed by atoms with E-state index in [-0.39, 0.29) is 23.9 Å². The first-order chi connectivity index (χ1) is 12.0. The molecule has 0 unspecified atom stereocenters. The van der Waals surface area contributed by atoms with Crippen LogP contribution >= 0.6 is 0 Å². The van der Waals surface area contributed by atoms with Crippen LogP contribution in [0.4, 0.5) is 11.5 Å². The van der Waals surface area contributed by atoms with E-state index in [0.29, 0.717) is 11.4 Å². The number of carbonyl (C=O) groups is 2. The van der Waals surface area contributed by atoms with Crippen molar-refractivity contribution < 1.29 is 9.59 Å². The first kappa shape index (κ1) is 15.6. The minimum atomic E-state index is -0.289. The predicted molar refractivity (Wildman–Crippen MR) is 95.4 cm³/mol. The number of nitrogens with one attached hydrogen (secondary N) is 2. The van der Waals surface area contributed by atoms with Gasteiger partial charge in [0.15, 0.2) is 0 Å². The molecule has 6 nitrogen and oxygen atoms in total. The second-order valence-corrected chi connectivity index (χ2v) is 6.70. The molecule has 1 fully saturated rings. The Labute approximate surface area is 146 Å². The molecule has 1 aliphatic heterocycles. The third kappa shape index (κ3) is 2.95. The number of fused-ring (bicyclic) bond motifs is 1. The molecule has 0 spiro atoms. The average molecular weight is 336 g/mol. The summed E-state index contributed by atoms with van der Waals surface area (Å²) < 4.78 is 0. The van der Waals surface area contributed by atoms with E-state index in [9.17, 15) is 9.59 Å². The van der Waals surface area contributed by atoms with Crippen molar-refractivity contribution >= 4 is 23.3 Å². The highest BCUT2D eigenvalue weighted by Gasteiger charge is 2.31. The molecule has 2 aromatic rings. The van der Waals surface area contributed by atoms with Crippen molar-refractivity contribution in [2.45, 2.75) is 25.9 Å². The van der Waals surface area contributed by atoms with Gasteiger partial charge in [0.25, 0.3) is 5.91 Å². The van der Waals surface area contributed by atoms with Gasteiger partial charge >= 0.3 is 0 Å². The van der Waals surface area contributed by atoms with E-state index >= 15 is 0 Å². The van der Waals surface area contributed by atoms with Gasteiger partial charge in [-0.05, 0) is 49.6 Å². The van der Waals surface area contributed by atoms with Crippen LogP contribution in [0, 0.1) is 12.8 Å². The Morgan fingerprint density at radius 2 is 1.92 bits per heavy atom. The summed E-state index contributed by atoms with van der Waals surface area (Å²) in [7, 11) is 1.91. The maximum atomic E-state index is 12.4. The van der Waals surface area contributed by atoms with E-state index in [1.54, 1.807) is 6.07 Å². The number of amides is 2. The standard InChI is InChI=1S/C19H20N4O2/c1-11-3-10-15-17(20-11)23(2)16(22-19(15)25)12-6-8-14(9-7-12)21-18(24)13-4-5-13/h3,6-10,13,16H,4-5H2,1-2H3,(H,21,24)(H,22,25)/t16-/m0/s1. The summed E-state index contributed by atoms with van der Waals surface area (Å²) in [5, 5.41) is 5.93. The highest BCUT2D eigenvalue weighted by atomic mass is 16.2. The van der Waals surface area contributed by atoms with Gasteiger partial charge in [-0.1, -0.05) is 12.1 Å². The Hall–Kier alpha value is -2.89. The fourth-order valence-electron chi connectivity index (χ4n) is 3.06. The molecule has 1 aromatic heterocycles. The number of hydrogen-bond donors (Lipinski definition) is 2. The Morgan fingerprint density at radius 1 is 1.20 bits per heavy atom. The van der Waals surface area contributed by atoms with Crippen LogP contribution in [0.1, 0.15) is 40.6 Å². The van der Waals surface area contributed by atoms with Gasteiger partial charge in [0.1, 0.15) is 12.0 Å².